The molecule has 0 unspecified atom stereocenters. The van der Waals surface area contributed by atoms with Crippen molar-refractivity contribution in [3.63, 3.8) is 0 Å². The molecule has 0 N–H and O–H groups in total. The fraction of sp³-hybridized carbons (Fsp3) is 0.375. The van der Waals surface area contributed by atoms with E-state index in [1.807, 2.05) is 62.9 Å². The first-order valence-electron chi connectivity index (χ1n) is 6.68. The molecule has 0 saturated carbocycles. The number of hydrogen-bond acceptors (Lipinski definition) is 2. The predicted octanol–water partition coefficient (Wildman–Crippen LogP) is 3.49. The molecule has 0 spiro atoms. The van der Waals surface area contributed by atoms with Crippen LogP contribution in [0.4, 0.5) is 0 Å². The Kier molecular flexibility index (Phi) is 3.84. The maximum absolute atomic E-state index is 12.6. The lowest BCUT2D eigenvalue weighted by Gasteiger charge is -2.30. The molecule has 0 saturated heterocycles. The van der Waals surface area contributed by atoms with Gasteiger partial charge in [0.05, 0.1) is 11.1 Å². The first-order chi connectivity index (χ1) is 9.00. The second-order valence-corrected chi connectivity index (χ2v) is 5.32. The standard InChI is InChI=1S/C16H20N2O/c1-11(2)18(12(3)4)16(19)14-9-13-7-5-6-8-15(13)17-10-14/h5-12H,1-4H3. The molecule has 1 heterocycles. The maximum Gasteiger partial charge on any atom is 0.255 e. The summed E-state index contributed by atoms with van der Waals surface area (Å²) in [5.41, 5.74) is 1.57. The van der Waals surface area contributed by atoms with Gasteiger partial charge in [-0.05, 0) is 39.8 Å². The summed E-state index contributed by atoms with van der Waals surface area (Å²) in [5.74, 6) is 0.0447. The van der Waals surface area contributed by atoms with Crippen LogP contribution in [0.15, 0.2) is 36.5 Å². The number of para-hydroxylation sites is 1. The minimum atomic E-state index is 0.0447. The van der Waals surface area contributed by atoms with E-state index in [9.17, 15) is 4.79 Å². The molecule has 3 nitrogen and oxygen atoms in total. The molecular formula is C16H20N2O. The van der Waals surface area contributed by atoms with Crippen LogP contribution in [0, 0.1) is 0 Å². The summed E-state index contributed by atoms with van der Waals surface area (Å²) in [7, 11) is 0. The van der Waals surface area contributed by atoms with Crippen LogP contribution in [-0.2, 0) is 0 Å². The Bertz CT molecular complexity index is 582. The summed E-state index contributed by atoms with van der Waals surface area (Å²) < 4.78 is 0. The van der Waals surface area contributed by atoms with Crippen molar-refractivity contribution in [1.82, 2.24) is 9.88 Å². The van der Waals surface area contributed by atoms with Crippen molar-refractivity contribution in [2.75, 3.05) is 0 Å². The summed E-state index contributed by atoms with van der Waals surface area (Å²) in [6, 6.07) is 10.1. The van der Waals surface area contributed by atoms with E-state index in [0.29, 0.717) is 5.56 Å². The van der Waals surface area contributed by atoms with Crippen molar-refractivity contribution in [3.8, 4) is 0 Å². The molecule has 0 fully saturated rings. The summed E-state index contributed by atoms with van der Waals surface area (Å²) >= 11 is 0. The monoisotopic (exact) mass is 256 g/mol. The van der Waals surface area contributed by atoms with Gasteiger partial charge in [-0.25, -0.2) is 0 Å². The molecule has 0 aliphatic carbocycles. The number of hydrogen-bond donors (Lipinski definition) is 0. The molecular weight excluding hydrogens is 236 g/mol. The minimum Gasteiger partial charge on any atom is -0.334 e. The Hall–Kier alpha value is -1.90. The third-order valence-corrected chi connectivity index (χ3v) is 3.18. The summed E-state index contributed by atoms with van der Waals surface area (Å²) in [5, 5.41) is 1.00. The number of carbonyl (C=O) groups is 1. The average molecular weight is 256 g/mol. The number of nitrogens with zero attached hydrogens (tertiary/aromatic N) is 2. The Morgan fingerprint density at radius 3 is 2.37 bits per heavy atom. The Balaban J connectivity index is 2.40. The maximum atomic E-state index is 12.6. The van der Waals surface area contributed by atoms with Gasteiger partial charge in [0.2, 0.25) is 0 Å². The fourth-order valence-electron chi connectivity index (χ4n) is 2.40. The normalized spacial score (nSPS) is 11.3. The van der Waals surface area contributed by atoms with E-state index < -0.39 is 0 Å². The number of aromatic nitrogens is 1. The number of benzene rings is 1. The van der Waals surface area contributed by atoms with Crippen LogP contribution in [0.25, 0.3) is 10.9 Å². The molecule has 1 amide bonds. The van der Waals surface area contributed by atoms with E-state index in [1.54, 1.807) is 6.20 Å². The van der Waals surface area contributed by atoms with Crippen LogP contribution in [-0.4, -0.2) is 27.9 Å². The molecule has 2 aromatic rings. The first-order valence-corrected chi connectivity index (χ1v) is 6.68. The van der Waals surface area contributed by atoms with Crippen LogP contribution in [0.5, 0.6) is 0 Å². The van der Waals surface area contributed by atoms with E-state index in [2.05, 4.69) is 4.98 Å². The molecule has 1 aromatic carbocycles. The second kappa shape index (κ2) is 5.39. The summed E-state index contributed by atoms with van der Waals surface area (Å²) in [6.45, 7) is 8.14. The lowest BCUT2D eigenvalue weighted by atomic mass is 10.1. The van der Waals surface area contributed by atoms with Gasteiger partial charge in [0.25, 0.3) is 5.91 Å². The SMILES string of the molecule is CC(C)N(C(=O)c1cnc2ccccc2c1)C(C)C. The summed E-state index contributed by atoms with van der Waals surface area (Å²) in [4.78, 5) is 18.8. The summed E-state index contributed by atoms with van der Waals surface area (Å²) in [6.07, 6.45) is 1.67. The lowest BCUT2D eigenvalue weighted by molar-refractivity contribution is 0.0643. The van der Waals surface area contributed by atoms with E-state index in [4.69, 9.17) is 0 Å². The van der Waals surface area contributed by atoms with Crippen molar-refractivity contribution >= 4 is 16.8 Å². The molecule has 0 atom stereocenters. The van der Waals surface area contributed by atoms with E-state index in [1.165, 1.54) is 0 Å². The molecule has 0 aliphatic heterocycles. The zero-order valence-electron chi connectivity index (χ0n) is 11.9. The number of fused-ring (bicyclic) bond motifs is 1. The smallest absolute Gasteiger partial charge is 0.255 e. The van der Waals surface area contributed by atoms with Crippen molar-refractivity contribution in [3.05, 3.63) is 42.1 Å². The van der Waals surface area contributed by atoms with Crippen LogP contribution < -0.4 is 0 Å². The van der Waals surface area contributed by atoms with Crippen molar-refractivity contribution in [1.29, 1.82) is 0 Å². The quantitative estimate of drug-likeness (QED) is 0.842. The van der Waals surface area contributed by atoms with Crippen LogP contribution in [0.2, 0.25) is 0 Å². The zero-order chi connectivity index (χ0) is 14.0. The molecule has 0 bridgehead atoms. The third kappa shape index (κ3) is 2.75. The van der Waals surface area contributed by atoms with E-state index in [-0.39, 0.29) is 18.0 Å². The van der Waals surface area contributed by atoms with Gasteiger partial charge in [0.15, 0.2) is 0 Å². The van der Waals surface area contributed by atoms with Crippen molar-refractivity contribution in [2.24, 2.45) is 0 Å². The molecule has 0 radical (unpaired) electrons. The highest BCUT2D eigenvalue weighted by molar-refractivity contribution is 5.97. The number of carbonyl (C=O) groups excluding carboxylic acids is 1. The van der Waals surface area contributed by atoms with Crippen LogP contribution in [0.3, 0.4) is 0 Å². The molecule has 2 rings (SSSR count). The lowest BCUT2D eigenvalue weighted by Crippen LogP contribution is -2.42. The zero-order valence-corrected chi connectivity index (χ0v) is 11.9. The Morgan fingerprint density at radius 2 is 1.74 bits per heavy atom. The van der Waals surface area contributed by atoms with Crippen LogP contribution in [0.1, 0.15) is 38.1 Å². The third-order valence-electron chi connectivity index (χ3n) is 3.18. The van der Waals surface area contributed by atoms with Crippen molar-refractivity contribution in [2.45, 2.75) is 39.8 Å². The molecule has 0 aliphatic rings. The van der Waals surface area contributed by atoms with Gasteiger partial charge in [0, 0.05) is 23.7 Å². The van der Waals surface area contributed by atoms with Gasteiger partial charge in [-0.3, -0.25) is 9.78 Å². The Morgan fingerprint density at radius 1 is 1.11 bits per heavy atom. The van der Waals surface area contributed by atoms with Crippen LogP contribution >= 0.6 is 0 Å². The molecule has 3 heteroatoms. The minimum absolute atomic E-state index is 0.0447. The van der Waals surface area contributed by atoms with Crippen molar-refractivity contribution < 1.29 is 4.79 Å². The van der Waals surface area contributed by atoms with Gasteiger partial charge in [0.1, 0.15) is 0 Å². The fourth-order valence-corrected chi connectivity index (χ4v) is 2.40. The number of amides is 1. The average Bonchev–Trinajstić information content (AvgIpc) is 2.37. The van der Waals surface area contributed by atoms with Gasteiger partial charge in [-0.15, -0.1) is 0 Å². The largest absolute Gasteiger partial charge is 0.334 e. The topological polar surface area (TPSA) is 33.2 Å². The molecule has 19 heavy (non-hydrogen) atoms. The highest BCUT2D eigenvalue weighted by atomic mass is 16.2. The highest BCUT2D eigenvalue weighted by Crippen LogP contribution is 2.16. The number of rotatable bonds is 3. The van der Waals surface area contributed by atoms with E-state index in [0.717, 1.165) is 10.9 Å². The molecule has 1 aromatic heterocycles. The predicted molar refractivity (Wildman–Crippen MR) is 78.2 cm³/mol. The Labute approximate surface area is 114 Å². The first kappa shape index (κ1) is 13.5. The van der Waals surface area contributed by atoms with Gasteiger partial charge in [-0.1, -0.05) is 18.2 Å². The highest BCUT2D eigenvalue weighted by Gasteiger charge is 2.21. The second-order valence-electron chi connectivity index (χ2n) is 5.32. The van der Waals surface area contributed by atoms with Gasteiger partial charge >= 0.3 is 0 Å². The number of pyridine rings is 1. The van der Waals surface area contributed by atoms with E-state index >= 15 is 0 Å². The van der Waals surface area contributed by atoms with Gasteiger partial charge < -0.3 is 4.90 Å². The molecule has 100 valence electrons. The van der Waals surface area contributed by atoms with Gasteiger partial charge in [-0.2, -0.15) is 0 Å².